The zero-order chi connectivity index (χ0) is 20.4. The van der Waals surface area contributed by atoms with Gasteiger partial charge in [-0.1, -0.05) is 39.0 Å². The third-order valence-corrected chi connectivity index (χ3v) is 10.3. The molecule has 4 nitrogen and oxygen atoms in total. The lowest BCUT2D eigenvalue weighted by molar-refractivity contribution is -0.641. The van der Waals surface area contributed by atoms with Gasteiger partial charge in [-0.05, 0) is 37.2 Å². The molecule has 0 radical (unpaired) electrons. The molecule has 0 bridgehead atoms. The number of ether oxygens (including phenoxy) is 1. The average Bonchev–Trinajstić information content (AvgIpc) is 2.65. The molecule has 2 aromatic carbocycles. The summed E-state index contributed by atoms with van der Waals surface area (Å²) in [5.74, 6) is 0.845. The molecule has 0 saturated heterocycles. The Kier molecular flexibility index (Phi) is 6.06. The van der Waals surface area contributed by atoms with Gasteiger partial charge in [-0.2, -0.15) is 4.57 Å². The number of hydrogen-bond donors (Lipinski definition) is 0. The molecule has 5 heteroatoms. The molecular weight excluding hydrogens is 364 g/mol. The van der Waals surface area contributed by atoms with E-state index >= 15 is 0 Å². The molecule has 0 spiro atoms. The predicted octanol–water partition coefficient (Wildman–Crippen LogP) is 5.49. The van der Waals surface area contributed by atoms with Gasteiger partial charge in [0.2, 0.25) is 11.0 Å². The first-order valence-corrected chi connectivity index (χ1v) is 13.1. The summed E-state index contributed by atoms with van der Waals surface area (Å²) in [7, 11) is -1.69. The molecular formula is C23H33N2O2Si+. The highest BCUT2D eigenvalue weighted by Crippen LogP contribution is 2.36. The molecule has 0 unspecified atom stereocenters. The van der Waals surface area contributed by atoms with Crippen LogP contribution in [0.25, 0.3) is 22.1 Å². The Balaban J connectivity index is 1.75. The Bertz CT molecular complexity index is 964. The third-order valence-electron chi connectivity index (χ3n) is 5.80. The van der Waals surface area contributed by atoms with E-state index in [1.54, 1.807) is 0 Å². The van der Waals surface area contributed by atoms with E-state index in [0.29, 0.717) is 6.61 Å². The van der Waals surface area contributed by atoms with E-state index < -0.39 is 8.32 Å². The van der Waals surface area contributed by atoms with Crippen LogP contribution in [0.4, 0.5) is 0 Å². The van der Waals surface area contributed by atoms with Crippen LogP contribution in [0.2, 0.25) is 18.1 Å². The van der Waals surface area contributed by atoms with E-state index in [4.69, 9.17) is 14.1 Å². The molecule has 0 amide bonds. The van der Waals surface area contributed by atoms with Crippen molar-refractivity contribution < 1.29 is 13.7 Å². The van der Waals surface area contributed by atoms with Crippen LogP contribution >= 0.6 is 0 Å². The normalized spacial score (nSPS) is 12.6. The molecule has 0 atom stereocenters. The first-order valence-electron chi connectivity index (χ1n) is 10.2. The fourth-order valence-electron chi connectivity index (χ4n) is 3.12. The van der Waals surface area contributed by atoms with Crippen molar-refractivity contribution in [2.24, 2.45) is 0 Å². The van der Waals surface area contributed by atoms with Crippen molar-refractivity contribution in [1.29, 1.82) is 0 Å². The molecule has 1 heterocycles. The van der Waals surface area contributed by atoms with Gasteiger partial charge in [0, 0.05) is 25.2 Å². The van der Waals surface area contributed by atoms with Crippen LogP contribution in [0, 0.1) is 0 Å². The van der Waals surface area contributed by atoms with Crippen molar-refractivity contribution in [3.63, 3.8) is 0 Å². The Labute approximate surface area is 169 Å². The molecule has 0 N–H and O–H groups in total. The molecule has 0 fully saturated rings. The lowest BCUT2D eigenvalue weighted by Crippen LogP contribution is -2.41. The van der Waals surface area contributed by atoms with Gasteiger partial charge >= 0.3 is 0 Å². The standard InChI is InChI=1S/C23H33N2O2Si/c1-7-25-19-13-9-8-12-18(19)24-22-20(25)14-10-15-21(22)26-16-11-17-27-28(5,6)23(2,3)4/h8-10,12-15H,7,11,16-17H2,1-6H3/q+1. The molecule has 0 aliphatic carbocycles. The van der Waals surface area contributed by atoms with Crippen LogP contribution in [-0.4, -0.2) is 26.5 Å². The first kappa shape index (κ1) is 20.7. The van der Waals surface area contributed by atoms with Gasteiger partial charge in [-0.3, -0.25) is 0 Å². The highest BCUT2D eigenvalue weighted by atomic mass is 28.4. The van der Waals surface area contributed by atoms with Crippen molar-refractivity contribution in [3.8, 4) is 5.75 Å². The van der Waals surface area contributed by atoms with Crippen molar-refractivity contribution in [3.05, 3.63) is 42.5 Å². The number of rotatable bonds is 7. The van der Waals surface area contributed by atoms with Gasteiger partial charge in [0.25, 0.3) is 0 Å². The topological polar surface area (TPSA) is 35.2 Å². The second-order valence-electron chi connectivity index (χ2n) is 8.78. The van der Waals surface area contributed by atoms with E-state index in [9.17, 15) is 0 Å². The molecule has 150 valence electrons. The molecule has 3 rings (SSSR count). The summed E-state index contributed by atoms with van der Waals surface area (Å²) in [5, 5.41) is 0.238. The SMILES string of the molecule is CC[n+]1c2ccccc2nc2c(OCCCO[Si](C)(C)C(C)(C)C)cccc21. The summed E-state index contributed by atoms with van der Waals surface area (Å²) in [4.78, 5) is 4.89. The summed E-state index contributed by atoms with van der Waals surface area (Å²) >= 11 is 0. The molecule has 0 aliphatic rings. The zero-order valence-electron chi connectivity index (χ0n) is 18.1. The maximum absolute atomic E-state index is 6.25. The fourth-order valence-corrected chi connectivity index (χ4v) is 4.21. The molecule has 0 saturated carbocycles. The Hall–Kier alpha value is -1.98. The predicted molar refractivity (Wildman–Crippen MR) is 118 cm³/mol. The minimum absolute atomic E-state index is 0.238. The summed E-state index contributed by atoms with van der Waals surface area (Å²) in [6.45, 7) is 15.8. The number of benzene rings is 2. The largest absolute Gasteiger partial charge is 0.491 e. The van der Waals surface area contributed by atoms with E-state index in [1.807, 2.05) is 18.2 Å². The maximum Gasteiger partial charge on any atom is 0.235 e. The second kappa shape index (κ2) is 8.17. The van der Waals surface area contributed by atoms with E-state index in [2.05, 4.69) is 69.6 Å². The van der Waals surface area contributed by atoms with Crippen LogP contribution in [-0.2, 0) is 11.0 Å². The highest BCUT2D eigenvalue weighted by Gasteiger charge is 2.36. The van der Waals surface area contributed by atoms with Gasteiger partial charge in [0.15, 0.2) is 19.6 Å². The van der Waals surface area contributed by atoms with Crippen LogP contribution in [0.5, 0.6) is 5.75 Å². The van der Waals surface area contributed by atoms with Gasteiger partial charge in [0.1, 0.15) is 12.1 Å². The highest BCUT2D eigenvalue weighted by molar-refractivity contribution is 6.74. The van der Waals surface area contributed by atoms with Gasteiger partial charge < -0.3 is 9.16 Å². The summed E-state index contributed by atoms with van der Waals surface area (Å²) in [6, 6.07) is 14.5. The number of para-hydroxylation sites is 3. The van der Waals surface area contributed by atoms with Gasteiger partial charge in [0.05, 0.1) is 6.61 Å². The average molecular weight is 398 g/mol. The Morgan fingerprint density at radius 2 is 1.68 bits per heavy atom. The minimum Gasteiger partial charge on any atom is -0.491 e. The first-order chi connectivity index (χ1) is 13.2. The number of aromatic nitrogens is 2. The Morgan fingerprint density at radius 3 is 2.39 bits per heavy atom. The summed E-state index contributed by atoms with van der Waals surface area (Å²) in [5.41, 5.74) is 4.18. The number of fused-ring (bicyclic) bond motifs is 2. The number of hydrogen-bond acceptors (Lipinski definition) is 3. The van der Waals surface area contributed by atoms with Gasteiger partial charge in [-0.25, -0.2) is 4.98 Å². The van der Waals surface area contributed by atoms with E-state index in [-0.39, 0.29) is 5.04 Å². The molecule has 28 heavy (non-hydrogen) atoms. The summed E-state index contributed by atoms with van der Waals surface area (Å²) in [6.07, 6.45) is 0.879. The van der Waals surface area contributed by atoms with E-state index in [1.165, 1.54) is 0 Å². The molecule has 3 aromatic rings. The fraction of sp³-hybridized carbons (Fsp3) is 0.478. The lowest BCUT2D eigenvalue weighted by atomic mass is 10.2. The monoisotopic (exact) mass is 397 g/mol. The van der Waals surface area contributed by atoms with Crippen LogP contribution in [0.3, 0.4) is 0 Å². The van der Waals surface area contributed by atoms with Crippen LogP contribution < -0.4 is 9.30 Å². The van der Waals surface area contributed by atoms with Crippen LogP contribution in [0.15, 0.2) is 42.5 Å². The smallest absolute Gasteiger partial charge is 0.235 e. The van der Waals surface area contributed by atoms with Crippen molar-refractivity contribution in [2.45, 2.75) is 58.8 Å². The maximum atomic E-state index is 6.25. The Morgan fingerprint density at radius 1 is 0.964 bits per heavy atom. The van der Waals surface area contributed by atoms with Crippen molar-refractivity contribution in [1.82, 2.24) is 4.98 Å². The molecule has 1 aromatic heterocycles. The van der Waals surface area contributed by atoms with Crippen molar-refractivity contribution in [2.75, 3.05) is 13.2 Å². The third kappa shape index (κ3) is 4.20. The zero-order valence-corrected chi connectivity index (χ0v) is 19.1. The van der Waals surface area contributed by atoms with Crippen LogP contribution in [0.1, 0.15) is 34.1 Å². The summed E-state index contributed by atoms with van der Waals surface area (Å²) < 4.78 is 14.7. The van der Waals surface area contributed by atoms with E-state index in [0.717, 1.165) is 47.4 Å². The minimum atomic E-state index is -1.69. The second-order valence-corrected chi connectivity index (χ2v) is 13.6. The molecule has 0 aliphatic heterocycles. The number of nitrogens with zero attached hydrogens (tertiary/aromatic N) is 2. The lowest BCUT2D eigenvalue weighted by Gasteiger charge is -2.36. The van der Waals surface area contributed by atoms with Crippen molar-refractivity contribution >= 4 is 30.4 Å². The quantitative estimate of drug-likeness (QED) is 0.229. The van der Waals surface area contributed by atoms with Gasteiger partial charge in [-0.15, -0.1) is 0 Å². The number of aryl methyl sites for hydroxylation is 1.